The van der Waals surface area contributed by atoms with Crippen molar-refractivity contribution in [2.75, 3.05) is 33.5 Å². The SMILES string of the molecule is COCCOCCOc1ccc(C(N)=S)c(Br)c1. The molecule has 100 valence electrons. The van der Waals surface area contributed by atoms with Crippen LogP contribution in [-0.4, -0.2) is 38.5 Å². The van der Waals surface area contributed by atoms with Gasteiger partial charge in [0.15, 0.2) is 0 Å². The molecule has 0 heterocycles. The molecule has 0 bridgehead atoms. The van der Waals surface area contributed by atoms with Gasteiger partial charge in [0.25, 0.3) is 0 Å². The van der Waals surface area contributed by atoms with Crippen LogP contribution < -0.4 is 10.5 Å². The van der Waals surface area contributed by atoms with E-state index in [9.17, 15) is 0 Å². The average Bonchev–Trinajstić information content (AvgIpc) is 2.33. The third-order valence-electron chi connectivity index (χ3n) is 2.13. The molecule has 0 aliphatic heterocycles. The fourth-order valence-corrected chi connectivity index (χ4v) is 2.13. The number of halogens is 1. The van der Waals surface area contributed by atoms with Crippen LogP contribution in [0.25, 0.3) is 0 Å². The second-order valence-electron chi connectivity index (χ2n) is 3.46. The predicted octanol–water partition coefficient (Wildman–Crippen LogP) is 2.13. The van der Waals surface area contributed by atoms with Crippen molar-refractivity contribution in [3.8, 4) is 5.75 Å². The van der Waals surface area contributed by atoms with Gasteiger partial charge >= 0.3 is 0 Å². The minimum absolute atomic E-state index is 0.358. The van der Waals surface area contributed by atoms with Crippen LogP contribution in [0, 0.1) is 0 Å². The molecule has 0 saturated carbocycles. The summed E-state index contributed by atoms with van der Waals surface area (Å²) in [5.41, 5.74) is 6.36. The van der Waals surface area contributed by atoms with Crippen LogP contribution in [0.4, 0.5) is 0 Å². The summed E-state index contributed by atoms with van der Waals surface area (Å²) in [5.74, 6) is 0.747. The molecule has 4 nitrogen and oxygen atoms in total. The second-order valence-corrected chi connectivity index (χ2v) is 4.75. The lowest BCUT2D eigenvalue weighted by Crippen LogP contribution is -2.11. The third-order valence-corrected chi connectivity index (χ3v) is 3.01. The maximum absolute atomic E-state index is 5.56. The van der Waals surface area contributed by atoms with E-state index in [1.54, 1.807) is 7.11 Å². The second kappa shape index (κ2) is 8.42. The molecule has 0 saturated heterocycles. The first-order valence-corrected chi connectivity index (χ1v) is 6.64. The number of ether oxygens (including phenoxy) is 3. The van der Waals surface area contributed by atoms with Crippen LogP contribution in [0.1, 0.15) is 5.56 Å². The fraction of sp³-hybridized carbons (Fsp3) is 0.417. The molecule has 2 N–H and O–H groups in total. The number of hydrogen-bond donors (Lipinski definition) is 1. The van der Waals surface area contributed by atoms with Crippen LogP contribution in [-0.2, 0) is 9.47 Å². The van der Waals surface area contributed by atoms with Crippen molar-refractivity contribution in [2.24, 2.45) is 5.73 Å². The molecule has 1 rings (SSSR count). The summed E-state index contributed by atoms with van der Waals surface area (Å²) < 4.78 is 16.5. The molecule has 0 spiro atoms. The highest BCUT2D eigenvalue weighted by atomic mass is 79.9. The van der Waals surface area contributed by atoms with Crippen LogP contribution in [0.3, 0.4) is 0 Å². The Balaban J connectivity index is 2.35. The fourth-order valence-electron chi connectivity index (χ4n) is 1.25. The zero-order chi connectivity index (χ0) is 13.4. The zero-order valence-electron chi connectivity index (χ0n) is 10.1. The van der Waals surface area contributed by atoms with Crippen molar-refractivity contribution in [3.63, 3.8) is 0 Å². The summed E-state index contributed by atoms with van der Waals surface area (Å²) in [6.07, 6.45) is 0. The molecule has 1 aromatic carbocycles. The van der Waals surface area contributed by atoms with E-state index < -0.39 is 0 Å². The van der Waals surface area contributed by atoms with E-state index in [0.29, 0.717) is 31.4 Å². The Kier molecular flexibility index (Phi) is 7.19. The Morgan fingerprint density at radius 2 is 2.00 bits per heavy atom. The molecule has 0 aliphatic rings. The summed E-state index contributed by atoms with van der Waals surface area (Å²) in [6.45, 7) is 2.18. The van der Waals surface area contributed by atoms with Crippen molar-refractivity contribution in [1.29, 1.82) is 0 Å². The lowest BCUT2D eigenvalue weighted by Gasteiger charge is -2.09. The van der Waals surface area contributed by atoms with Gasteiger partial charge < -0.3 is 19.9 Å². The van der Waals surface area contributed by atoms with Crippen LogP contribution >= 0.6 is 28.1 Å². The van der Waals surface area contributed by atoms with Crippen LogP contribution in [0.5, 0.6) is 5.75 Å². The number of hydrogen-bond acceptors (Lipinski definition) is 4. The molecule has 0 unspecified atom stereocenters. The molecular formula is C12H16BrNO3S. The zero-order valence-corrected chi connectivity index (χ0v) is 12.6. The summed E-state index contributed by atoms with van der Waals surface area (Å²) in [4.78, 5) is 0.358. The van der Waals surface area contributed by atoms with Crippen molar-refractivity contribution < 1.29 is 14.2 Å². The molecule has 0 amide bonds. The molecule has 0 fully saturated rings. The Bertz CT molecular complexity index is 401. The maximum Gasteiger partial charge on any atom is 0.120 e. The highest BCUT2D eigenvalue weighted by Crippen LogP contribution is 2.22. The molecule has 0 aromatic heterocycles. The van der Waals surface area contributed by atoms with Gasteiger partial charge in [-0.25, -0.2) is 0 Å². The van der Waals surface area contributed by atoms with E-state index in [0.717, 1.165) is 15.8 Å². The van der Waals surface area contributed by atoms with Gasteiger partial charge in [-0.2, -0.15) is 0 Å². The van der Waals surface area contributed by atoms with E-state index in [-0.39, 0.29) is 0 Å². The predicted molar refractivity (Wildman–Crippen MR) is 78.2 cm³/mol. The first-order chi connectivity index (χ1) is 8.65. The number of methoxy groups -OCH3 is 1. The third kappa shape index (κ3) is 5.30. The summed E-state index contributed by atoms with van der Waals surface area (Å²) in [5, 5.41) is 0. The van der Waals surface area contributed by atoms with Crippen molar-refractivity contribution in [2.45, 2.75) is 0 Å². The Hall–Kier alpha value is -0.690. The minimum Gasteiger partial charge on any atom is -0.491 e. The lowest BCUT2D eigenvalue weighted by molar-refractivity contribution is 0.0544. The quantitative estimate of drug-likeness (QED) is 0.583. The van der Waals surface area contributed by atoms with Gasteiger partial charge in [0.1, 0.15) is 17.3 Å². The van der Waals surface area contributed by atoms with Gasteiger partial charge in [-0.05, 0) is 34.1 Å². The van der Waals surface area contributed by atoms with Gasteiger partial charge in [0.05, 0.1) is 19.8 Å². The number of benzene rings is 1. The van der Waals surface area contributed by atoms with Gasteiger partial charge in [-0.3, -0.25) is 0 Å². The monoisotopic (exact) mass is 333 g/mol. The molecule has 0 radical (unpaired) electrons. The summed E-state index contributed by atoms with van der Waals surface area (Å²) in [7, 11) is 1.64. The van der Waals surface area contributed by atoms with E-state index >= 15 is 0 Å². The van der Waals surface area contributed by atoms with Gasteiger partial charge in [-0.15, -0.1) is 0 Å². The van der Waals surface area contributed by atoms with E-state index in [4.69, 9.17) is 32.2 Å². The molecule has 0 atom stereocenters. The molecule has 18 heavy (non-hydrogen) atoms. The molecule has 6 heteroatoms. The minimum atomic E-state index is 0.358. The van der Waals surface area contributed by atoms with Crippen molar-refractivity contribution in [3.05, 3.63) is 28.2 Å². The van der Waals surface area contributed by atoms with E-state index in [2.05, 4.69) is 15.9 Å². The highest BCUT2D eigenvalue weighted by Gasteiger charge is 2.04. The van der Waals surface area contributed by atoms with Crippen LogP contribution in [0.15, 0.2) is 22.7 Å². The molecule has 1 aromatic rings. The van der Waals surface area contributed by atoms with E-state index in [1.807, 2.05) is 18.2 Å². The smallest absolute Gasteiger partial charge is 0.120 e. The van der Waals surface area contributed by atoms with Gasteiger partial charge in [0, 0.05) is 17.1 Å². The first kappa shape index (κ1) is 15.4. The Labute approximate surface area is 121 Å². The van der Waals surface area contributed by atoms with Crippen LogP contribution in [0.2, 0.25) is 0 Å². The number of thiocarbonyl (C=S) groups is 1. The first-order valence-electron chi connectivity index (χ1n) is 5.44. The Morgan fingerprint density at radius 3 is 2.61 bits per heavy atom. The summed E-state index contributed by atoms with van der Waals surface area (Å²) >= 11 is 8.31. The molecule has 0 aliphatic carbocycles. The van der Waals surface area contributed by atoms with E-state index in [1.165, 1.54) is 0 Å². The topological polar surface area (TPSA) is 53.7 Å². The number of nitrogens with two attached hydrogens (primary N) is 1. The average molecular weight is 334 g/mol. The van der Waals surface area contributed by atoms with Crippen molar-refractivity contribution in [1.82, 2.24) is 0 Å². The van der Waals surface area contributed by atoms with Crippen molar-refractivity contribution >= 4 is 33.1 Å². The number of rotatable bonds is 8. The standard InChI is InChI=1S/C12H16BrNO3S/c1-15-4-5-16-6-7-17-9-2-3-10(12(14)18)11(13)8-9/h2-3,8H,4-7H2,1H3,(H2,14,18). The maximum atomic E-state index is 5.56. The largest absolute Gasteiger partial charge is 0.491 e. The van der Waals surface area contributed by atoms with Gasteiger partial charge in [0.2, 0.25) is 0 Å². The Morgan fingerprint density at radius 1 is 1.28 bits per heavy atom. The molecular weight excluding hydrogens is 318 g/mol. The normalized spacial score (nSPS) is 10.3. The highest BCUT2D eigenvalue weighted by molar-refractivity contribution is 9.10. The summed E-state index contributed by atoms with van der Waals surface area (Å²) in [6, 6.07) is 5.49. The van der Waals surface area contributed by atoms with Gasteiger partial charge in [-0.1, -0.05) is 12.2 Å². The lowest BCUT2D eigenvalue weighted by atomic mass is 10.2.